The zero-order chi connectivity index (χ0) is 23.0. The number of benzene rings is 1. The third-order valence-corrected chi connectivity index (χ3v) is 6.04. The Morgan fingerprint density at radius 2 is 1.81 bits per heavy atom. The van der Waals surface area contributed by atoms with Crippen LogP contribution in [-0.4, -0.2) is 45.4 Å². The van der Waals surface area contributed by atoms with Gasteiger partial charge < -0.3 is 15.0 Å². The van der Waals surface area contributed by atoms with Crippen LogP contribution in [0.15, 0.2) is 36.4 Å². The molecule has 2 aromatic rings. The number of fused-ring (bicyclic) bond motifs is 1. The summed E-state index contributed by atoms with van der Waals surface area (Å²) in [5.74, 6) is 1.03. The number of amides is 2. The van der Waals surface area contributed by atoms with E-state index in [4.69, 9.17) is 9.84 Å². The van der Waals surface area contributed by atoms with Gasteiger partial charge in [0, 0.05) is 24.7 Å². The molecule has 172 valence electrons. The molecule has 0 unspecified atom stereocenters. The summed E-state index contributed by atoms with van der Waals surface area (Å²) < 4.78 is 7.42. The Morgan fingerprint density at radius 3 is 2.41 bits per heavy atom. The zero-order valence-corrected chi connectivity index (χ0v) is 19.7. The van der Waals surface area contributed by atoms with Crippen LogP contribution in [0.1, 0.15) is 46.0 Å². The second-order valence-electron chi connectivity index (χ2n) is 10.4. The van der Waals surface area contributed by atoms with Crippen LogP contribution in [0.5, 0.6) is 0 Å². The van der Waals surface area contributed by atoms with E-state index in [2.05, 4.69) is 25.2 Å². The summed E-state index contributed by atoms with van der Waals surface area (Å²) in [5.41, 5.74) is 2.53. The lowest BCUT2D eigenvalue weighted by Crippen LogP contribution is -2.38. The first-order valence-electron chi connectivity index (χ1n) is 11.5. The van der Waals surface area contributed by atoms with Crippen molar-refractivity contribution in [3.63, 3.8) is 0 Å². The second-order valence-corrected chi connectivity index (χ2v) is 10.4. The van der Waals surface area contributed by atoms with E-state index in [9.17, 15) is 9.59 Å². The normalized spacial score (nSPS) is 22.1. The minimum atomic E-state index is -0.502. The highest BCUT2D eigenvalue weighted by Gasteiger charge is 2.60. The number of carbonyl (C=O) groups is 2. The number of ether oxygens (including phenoxy) is 1. The van der Waals surface area contributed by atoms with Crippen molar-refractivity contribution in [1.82, 2.24) is 20.0 Å². The zero-order valence-electron chi connectivity index (χ0n) is 19.7. The lowest BCUT2D eigenvalue weighted by atomic mass is 10.1. The van der Waals surface area contributed by atoms with E-state index in [0.717, 1.165) is 23.5 Å². The van der Waals surface area contributed by atoms with Crippen molar-refractivity contribution < 1.29 is 14.3 Å². The van der Waals surface area contributed by atoms with Crippen LogP contribution in [0.2, 0.25) is 0 Å². The van der Waals surface area contributed by atoms with Crippen LogP contribution in [0.25, 0.3) is 5.69 Å². The van der Waals surface area contributed by atoms with Crippen LogP contribution >= 0.6 is 0 Å². The molecular weight excluding hydrogens is 404 g/mol. The lowest BCUT2D eigenvalue weighted by Gasteiger charge is -2.25. The van der Waals surface area contributed by atoms with E-state index in [1.807, 2.05) is 55.8 Å². The molecule has 1 saturated heterocycles. The number of nitrogens with zero attached hydrogens (tertiary/aromatic N) is 3. The van der Waals surface area contributed by atoms with Crippen molar-refractivity contribution in [3.05, 3.63) is 47.8 Å². The van der Waals surface area contributed by atoms with Gasteiger partial charge in [-0.25, -0.2) is 9.48 Å². The molecule has 2 fully saturated rings. The number of rotatable bonds is 6. The average molecular weight is 439 g/mol. The van der Waals surface area contributed by atoms with Gasteiger partial charge in [-0.2, -0.15) is 5.10 Å². The first-order chi connectivity index (χ1) is 15.1. The quantitative estimate of drug-likeness (QED) is 0.744. The van der Waals surface area contributed by atoms with E-state index < -0.39 is 5.60 Å². The number of para-hydroxylation sites is 1. The molecule has 1 aliphatic heterocycles. The van der Waals surface area contributed by atoms with Crippen molar-refractivity contribution in [2.45, 2.75) is 53.2 Å². The van der Waals surface area contributed by atoms with E-state index in [1.54, 1.807) is 4.90 Å². The van der Waals surface area contributed by atoms with E-state index in [-0.39, 0.29) is 29.8 Å². The Bertz CT molecular complexity index is 965. The Balaban J connectivity index is 1.33. The van der Waals surface area contributed by atoms with Crippen LogP contribution in [0.4, 0.5) is 4.79 Å². The van der Waals surface area contributed by atoms with Crippen molar-refractivity contribution in [1.29, 1.82) is 0 Å². The summed E-state index contributed by atoms with van der Waals surface area (Å²) in [6.07, 6.45) is 0.635. The fraction of sp³-hybridized carbons (Fsp3) is 0.560. The van der Waals surface area contributed by atoms with Crippen molar-refractivity contribution >= 4 is 12.0 Å². The van der Waals surface area contributed by atoms with Crippen LogP contribution < -0.4 is 5.32 Å². The smallest absolute Gasteiger partial charge is 0.410 e. The third-order valence-electron chi connectivity index (χ3n) is 6.04. The first kappa shape index (κ1) is 22.4. The Morgan fingerprint density at radius 1 is 1.16 bits per heavy atom. The van der Waals surface area contributed by atoms with Gasteiger partial charge in [0.15, 0.2) is 0 Å². The molecule has 1 aliphatic carbocycles. The minimum absolute atomic E-state index is 0.0139. The van der Waals surface area contributed by atoms with Crippen LogP contribution in [0, 0.1) is 23.7 Å². The lowest BCUT2D eigenvalue weighted by molar-refractivity contribution is -0.123. The fourth-order valence-corrected chi connectivity index (χ4v) is 4.60. The predicted molar refractivity (Wildman–Crippen MR) is 122 cm³/mol. The molecule has 2 amide bonds. The van der Waals surface area contributed by atoms with Gasteiger partial charge in [-0.05, 0) is 63.1 Å². The Labute approximate surface area is 190 Å². The third kappa shape index (κ3) is 4.97. The number of piperidine rings is 1. The number of hydrogen-bond donors (Lipinski definition) is 1. The van der Waals surface area contributed by atoms with Gasteiger partial charge in [-0.1, -0.05) is 32.0 Å². The van der Waals surface area contributed by atoms with Crippen LogP contribution in [-0.2, 0) is 22.5 Å². The number of nitrogens with one attached hydrogen (secondary N) is 1. The number of hydrogen-bond acceptors (Lipinski definition) is 4. The highest BCUT2D eigenvalue weighted by molar-refractivity contribution is 5.83. The Hall–Kier alpha value is -2.83. The molecule has 1 saturated carbocycles. The van der Waals surface area contributed by atoms with E-state index in [0.29, 0.717) is 25.6 Å². The first-order valence-corrected chi connectivity index (χ1v) is 11.5. The average Bonchev–Trinajstić information content (AvgIpc) is 3.04. The highest BCUT2D eigenvalue weighted by atomic mass is 16.6. The standard InChI is InChI=1S/C25H34N4O3/c1-16(2)11-19-12-17(27-29(19)18-9-7-6-8-10-18)13-26-23(30)22-20-14-28(15-21(20)22)24(31)32-25(3,4)5/h6-10,12,16,20-22H,11,13-15H2,1-5H3,(H,26,30)/t20-,21+,22+. The van der Waals surface area contributed by atoms with Gasteiger partial charge in [0.2, 0.25) is 5.91 Å². The van der Waals surface area contributed by atoms with Crippen molar-refractivity contribution in [2.24, 2.45) is 23.7 Å². The molecule has 2 heterocycles. The van der Waals surface area contributed by atoms with Gasteiger partial charge in [-0.15, -0.1) is 0 Å². The molecular formula is C25H34N4O3. The second kappa shape index (κ2) is 8.60. The topological polar surface area (TPSA) is 76.5 Å². The maximum atomic E-state index is 12.8. The molecule has 7 nitrogen and oxygen atoms in total. The maximum absolute atomic E-state index is 12.8. The molecule has 32 heavy (non-hydrogen) atoms. The summed E-state index contributed by atoms with van der Waals surface area (Å²) in [5, 5.41) is 7.83. The molecule has 7 heteroatoms. The summed E-state index contributed by atoms with van der Waals surface area (Å²) in [6.45, 7) is 11.6. The maximum Gasteiger partial charge on any atom is 0.410 e. The number of carbonyl (C=O) groups excluding carboxylic acids is 2. The molecule has 1 aromatic carbocycles. The van der Waals surface area contributed by atoms with Gasteiger partial charge in [-0.3, -0.25) is 4.79 Å². The molecule has 1 N–H and O–H groups in total. The van der Waals surface area contributed by atoms with Gasteiger partial charge in [0.05, 0.1) is 17.9 Å². The summed E-state index contributed by atoms with van der Waals surface area (Å²) in [6, 6.07) is 12.2. The summed E-state index contributed by atoms with van der Waals surface area (Å²) in [7, 11) is 0. The molecule has 0 radical (unpaired) electrons. The van der Waals surface area contributed by atoms with E-state index in [1.165, 1.54) is 0 Å². The van der Waals surface area contributed by atoms with Gasteiger partial charge in [0.1, 0.15) is 5.60 Å². The molecule has 0 bridgehead atoms. The molecule has 1 aromatic heterocycles. The van der Waals surface area contributed by atoms with Gasteiger partial charge in [0.25, 0.3) is 0 Å². The minimum Gasteiger partial charge on any atom is -0.444 e. The largest absolute Gasteiger partial charge is 0.444 e. The monoisotopic (exact) mass is 438 g/mol. The van der Waals surface area contributed by atoms with E-state index >= 15 is 0 Å². The molecule has 3 atom stereocenters. The predicted octanol–water partition coefficient (Wildman–Crippen LogP) is 3.80. The molecule has 4 rings (SSSR count). The van der Waals surface area contributed by atoms with Crippen molar-refractivity contribution in [3.8, 4) is 5.69 Å². The number of likely N-dealkylation sites (tertiary alicyclic amines) is 1. The summed E-state index contributed by atoms with van der Waals surface area (Å²) in [4.78, 5) is 26.7. The van der Waals surface area contributed by atoms with Gasteiger partial charge >= 0.3 is 6.09 Å². The molecule has 2 aliphatic rings. The molecule has 0 spiro atoms. The van der Waals surface area contributed by atoms with Crippen molar-refractivity contribution in [2.75, 3.05) is 13.1 Å². The SMILES string of the molecule is CC(C)Cc1cc(CNC(=O)[C@H]2[C@@H]3CN(C(=O)OC(C)(C)C)C[C@@H]32)nn1-c1ccccc1. The Kier molecular flexibility index (Phi) is 6.01. The fourth-order valence-electron chi connectivity index (χ4n) is 4.60. The summed E-state index contributed by atoms with van der Waals surface area (Å²) >= 11 is 0. The highest BCUT2D eigenvalue weighted by Crippen LogP contribution is 2.52. The van der Waals surface area contributed by atoms with Crippen LogP contribution in [0.3, 0.4) is 0 Å². The number of aromatic nitrogens is 2.